The second kappa shape index (κ2) is 6.64. The Balaban J connectivity index is 0.00000196. The van der Waals surface area contributed by atoms with E-state index in [1.165, 1.54) is 0 Å². The van der Waals surface area contributed by atoms with Gasteiger partial charge in [-0.3, -0.25) is 0 Å². The molecule has 0 fully saturated rings. The molecule has 0 unspecified atom stereocenters. The van der Waals surface area contributed by atoms with E-state index in [0.717, 1.165) is 5.56 Å². The largest absolute Gasteiger partial charge is 0.491 e. The van der Waals surface area contributed by atoms with E-state index in [2.05, 4.69) is 0 Å². The van der Waals surface area contributed by atoms with E-state index >= 15 is 0 Å². The Morgan fingerprint density at radius 1 is 1.33 bits per heavy atom. The molecule has 1 aromatic carbocycles. The Morgan fingerprint density at radius 2 is 1.93 bits per heavy atom. The Morgan fingerprint density at radius 3 is 2.47 bits per heavy atom. The van der Waals surface area contributed by atoms with Crippen LogP contribution in [0.1, 0.15) is 25.5 Å². The highest BCUT2D eigenvalue weighted by molar-refractivity contribution is 5.85. The van der Waals surface area contributed by atoms with Crippen molar-refractivity contribution in [2.24, 2.45) is 5.73 Å². The van der Waals surface area contributed by atoms with Crippen LogP contribution in [0.4, 0.5) is 4.39 Å². The SMILES string of the molecule is CC(C)Oc1ccccc1[C@H](N)CF.Cl. The van der Waals surface area contributed by atoms with Crippen molar-refractivity contribution in [1.29, 1.82) is 0 Å². The maximum atomic E-state index is 12.4. The van der Waals surface area contributed by atoms with Gasteiger partial charge in [0.05, 0.1) is 12.1 Å². The van der Waals surface area contributed by atoms with Crippen molar-refractivity contribution < 1.29 is 9.13 Å². The molecule has 0 aromatic heterocycles. The minimum absolute atomic E-state index is 0. The minimum Gasteiger partial charge on any atom is -0.491 e. The van der Waals surface area contributed by atoms with Crippen molar-refractivity contribution >= 4 is 12.4 Å². The maximum Gasteiger partial charge on any atom is 0.124 e. The molecule has 0 heterocycles. The van der Waals surface area contributed by atoms with E-state index in [4.69, 9.17) is 10.5 Å². The number of rotatable bonds is 4. The van der Waals surface area contributed by atoms with Crippen LogP contribution in [0.5, 0.6) is 5.75 Å². The summed E-state index contributed by atoms with van der Waals surface area (Å²) in [5, 5.41) is 0. The fraction of sp³-hybridized carbons (Fsp3) is 0.455. The zero-order valence-electron chi connectivity index (χ0n) is 8.94. The number of ether oxygens (including phenoxy) is 1. The molecule has 0 saturated heterocycles. The quantitative estimate of drug-likeness (QED) is 0.868. The highest BCUT2D eigenvalue weighted by atomic mass is 35.5. The van der Waals surface area contributed by atoms with Gasteiger partial charge in [0.2, 0.25) is 0 Å². The molecule has 2 nitrogen and oxygen atoms in total. The zero-order valence-corrected chi connectivity index (χ0v) is 9.76. The fourth-order valence-corrected chi connectivity index (χ4v) is 1.23. The van der Waals surface area contributed by atoms with Gasteiger partial charge >= 0.3 is 0 Å². The summed E-state index contributed by atoms with van der Waals surface area (Å²) in [5.74, 6) is 0.674. The lowest BCUT2D eigenvalue weighted by Gasteiger charge is -2.16. The van der Waals surface area contributed by atoms with Crippen LogP contribution in [-0.2, 0) is 0 Å². The van der Waals surface area contributed by atoms with Gasteiger partial charge in [0.25, 0.3) is 0 Å². The lowest BCUT2D eigenvalue weighted by Crippen LogP contribution is -2.15. The predicted molar refractivity (Wildman–Crippen MR) is 62.4 cm³/mol. The molecule has 0 saturated carbocycles. The molecule has 0 amide bonds. The van der Waals surface area contributed by atoms with E-state index in [-0.39, 0.29) is 18.5 Å². The standard InChI is InChI=1S/C11H16FNO.ClH/c1-8(2)14-11-6-4-3-5-9(11)10(13)7-12;/h3-6,8,10H,7,13H2,1-2H3;1H/t10-;/m1./s1. The van der Waals surface area contributed by atoms with Gasteiger partial charge in [-0.25, -0.2) is 4.39 Å². The molecule has 1 rings (SSSR count). The van der Waals surface area contributed by atoms with Gasteiger partial charge in [0.1, 0.15) is 12.4 Å². The molecule has 0 aliphatic rings. The number of hydrogen-bond donors (Lipinski definition) is 1. The number of para-hydroxylation sites is 1. The van der Waals surface area contributed by atoms with Crippen LogP contribution < -0.4 is 10.5 Å². The van der Waals surface area contributed by atoms with Crippen LogP contribution in [0.2, 0.25) is 0 Å². The number of nitrogens with two attached hydrogens (primary N) is 1. The van der Waals surface area contributed by atoms with Crippen LogP contribution >= 0.6 is 12.4 Å². The highest BCUT2D eigenvalue weighted by Gasteiger charge is 2.11. The topological polar surface area (TPSA) is 35.2 Å². The third kappa shape index (κ3) is 4.06. The van der Waals surface area contributed by atoms with E-state index in [1.54, 1.807) is 6.07 Å². The number of alkyl halides is 1. The van der Waals surface area contributed by atoms with Gasteiger partial charge in [0.15, 0.2) is 0 Å². The first-order valence-corrected chi connectivity index (χ1v) is 4.72. The van der Waals surface area contributed by atoms with Gasteiger partial charge < -0.3 is 10.5 Å². The summed E-state index contributed by atoms with van der Waals surface area (Å²) in [6.07, 6.45) is 0.0722. The van der Waals surface area contributed by atoms with Crippen molar-refractivity contribution in [3.63, 3.8) is 0 Å². The molecule has 4 heteroatoms. The lowest BCUT2D eigenvalue weighted by molar-refractivity contribution is 0.237. The molecule has 0 radical (unpaired) electrons. The van der Waals surface area contributed by atoms with Crippen molar-refractivity contribution in [3.8, 4) is 5.75 Å². The highest BCUT2D eigenvalue weighted by Crippen LogP contribution is 2.24. The summed E-state index contributed by atoms with van der Waals surface area (Å²) >= 11 is 0. The Hall–Kier alpha value is -0.800. The molecule has 86 valence electrons. The molecule has 0 spiro atoms. The van der Waals surface area contributed by atoms with Gasteiger partial charge in [-0.2, -0.15) is 0 Å². The minimum atomic E-state index is -0.593. The van der Waals surface area contributed by atoms with Gasteiger partial charge in [-0.1, -0.05) is 18.2 Å². The molecule has 2 N–H and O–H groups in total. The molecule has 0 aliphatic heterocycles. The van der Waals surface area contributed by atoms with Gasteiger partial charge in [0, 0.05) is 5.56 Å². The van der Waals surface area contributed by atoms with E-state index in [0.29, 0.717) is 5.75 Å². The molecular weight excluding hydrogens is 217 g/mol. The van der Waals surface area contributed by atoms with Crippen molar-refractivity contribution in [3.05, 3.63) is 29.8 Å². The second-order valence-corrected chi connectivity index (χ2v) is 3.47. The first kappa shape index (κ1) is 14.2. The van der Waals surface area contributed by atoms with Crippen LogP contribution in [-0.4, -0.2) is 12.8 Å². The number of halogens is 2. The second-order valence-electron chi connectivity index (χ2n) is 3.47. The summed E-state index contributed by atoms with van der Waals surface area (Å²) in [7, 11) is 0. The Kier molecular flexibility index (Phi) is 6.29. The monoisotopic (exact) mass is 233 g/mol. The van der Waals surface area contributed by atoms with E-state index < -0.39 is 12.7 Å². The average molecular weight is 234 g/mol. The normalized spacial score (nSPS) is 12.1. The molecule has 0 bridgehead atoms. The summed E-state index contributed by atoms with van der Waals surface area (Å²) in [6, 6.07) is 6.70. The van der Waals surface area contributed by atoms with Gasteiger partial charge in [-0.15, -0.1) is 12.4 Å². The van der Waals surface area contributed by atoms with Crippen LogP contribution in [0.25, 0.3) is 0 Å². The average Bonchev–Trinajstić information content (AvgIpc) is 2.16. The molecular formula is C11H17ClFNO. The Bertz CT molecular complexity index is 294. The molecule has 0 aliphatic carbocycles. The van der Waals surface area contributed by atoms with Crippen molar-refractivity contribution in [1.82, 2.24) is 0 Å². The van der Waals surface area contributed by atoms with E-state index in [1.807, 2.05) is 32.0 Å². The molecule has 15 heavy (non-hydrogen) atoms. The zero-order chi connectivity index (χ0) is 10.6. The molecule has 1 aromatic rings. The first-order valence-electron chi connectivity index (χ1n) is 4.72. The smallest absolute Gasteiger partial charge is 0.124 e. The first-order chi connectivity index (χ1) is 6.65. The third-order valence-electron chi connectivity index (χ3n) is 1.85. The van der Waals surface area contributed by atoms with Crippen LogP contribution in [0.15, 0.2) is 24.3 Å². The maximum absolute atomic E-state index is 12.4. The fourth-order valence-electron chi connectivity index (χ4n) is 1.23. The number of hydrogen-bond acceptors (Lipinski definition) is 2. The van der Waals surface area contributed by atoms with E-state index in [9.17, 15) is 4.39 Å². The summed E-state index contributed by atoms with van der Waals surface area (Å²) in [4.78, 5) is 0. The summed E-state index contributed by atoms with van der Waals surface area (Å²) < 4.78 is 17.9. The van der Waals surface area contributed by atoms with Crippen molar-refractivity contribution in [2.75, 3.05) is 6.67 Å². The summed E-state index contributed by atoms with van der Waals surface area (Å²) in [5.41, 5.74) is 6.34. The Labute approximate surface area is 96.0 Å². The van der Waals surface area contributed by atoms with Gasteiger partial charge in [-0.05, 0) is 19.9 Å². The third-order valence-corrected chi connectivity index (χ3v) is 1.85. The number of benzene rings is 1. The van der Waals surface area contributed by atoms with Crippen molar-refractivity contribution in [2.45, 2.75) is 26.0 Å². The summed E-state index contributed by atoms with van der Waals surface area (Å²) in [6.45, 7) is 3.29. The van der Waals surface area contributed by atoms with Crippen LogP contribution in [0, 0.1) is 0 Å². The lowest BCUT2D eigenvalue weighted by atomic mass is 10.1. The van der Waals surface area contributed by atoms with Crippen LogP contribution in [0.3, 0.4) is 0 Å². The molecule has 1 atom stereocenters. The predicted octanol–water partition coefficient (Wildman–Crippen LogP) is 2.86.